The summed E-state index contributed by atoms with van der Waals surface area (Å²) in [5.74, 6) is -0.557. The molecule has 2 aromatic heterocycles. The van der Waals surface area contributed by atoms with Crippen LogP contribution in [0.25, 0.3) is 16.3 Å². The Bertz CT molecular complexity index is 1140. The van der Waals surface area contributed by atoms with Gasteiger partial charge in [-0.3, -0.25) is 4.79 Å². The first-order valence-electron chi connectivity index (χ1n) is 8.83. The number of carbonyl (C=O) groups is 1. The fourth-order valence-electron chi connectivity index (χ4n) is 2.85. The Morgan fingerprint density at radius 2 is 2.10 bits per heavy atom. The van der Waals surface area contributed by atoms with Gasteiger partial charge in [0.15, 0.2) is 0 Å². The van der Waals surface area contributed by atoms with E-state index in [1.807, 2.05) is 29.6 Å². The average Bonchev–Trinajstić information content (AvgIpc) is 3.39. The molecule has 0 aliphatic heterocycles. The van der Waals surface area contributed by atoms with Gasteiger partial charge in [0.05, 0.1) is 29.2 Å². The fourth-order valence-corrected chi connectivity index (χ4v) is 3.99. The van der Waals surface area contributed by atoms with E-state index in [0.717, 1.165) is 10.6 Å². The smallest absolute Gasteiger partial charge is 0.226 e. The number of nitrogens with one attached hydrogen (secondary N) is 1. The molecule has 0 spiro atoms. The van der Waals surface area contributed by atoms with Crippen molar-refractivity contribution >= 4 is 28.8 Å². The molecule has 5 nitrogen and oxygen atoms in total. The summed E-state index contributed by atoms with van der Waals surface area (Å²) in [6, 6.07) is 12.3. The summed E-state index contributed by atoms with van der Waals surface area (Å²) >= 11 is 7.64. The number of amides is 1. The quantitative estimate of drug-likeness (QED) is 0.488. The highest BCUT2D eigenvalue weighted by molar-refractivity contribution is 7.13. The standard InChI is InChI=1S/C21H16ClFN4OS/c22-17-4-2-1-3-16(17)21-26-15(12-29-21)10-20(28)25-11-14-5-6-19(18(23)9-14)27-8-7-24-13-27/h1-9,12-13H,10-11H2,(H,25,28). The van der Waals surface area contributed by atoms with Crippen LogP contribution in [0, 0.1) is 5.82 Å². The maximum absolute atomic E-state index is 14.3. The number of halogens is 2. The van der Waals surface area contributed by atoms with Crippen LogP contribution in [-0.2, 0) is 17.8 Å². The largest absolute Gasteiger partial charge is 0.352 e. The van der Waals surface area contributed by atoms with Crippen molar-refractivity contribution in [2.45, 2.75) is 13.0 Å². The van der Waals surface area contributed by atoms with Gasteiger partial charge in [0.25, 0.3) is 0 Å². The third-order valence-electron chi connectivity index (χ3n) is 4.28. The van der Waals surface area contributed by atoms with Crippen molar-refractivity contribution in [2.75, 3.05) is 0 Å². The predicted octanol–water partition coefficient (Wildman–Crippen LogP) is 4.65. The number of imidazole rings is 1. The minimum absolute atomic E-state index is 0.149. The summed E-state index contributed by atoms with van der Waals surface area (Å²) in [7, 11) is 0. The number of nitrogens with zero attached hydrogens (tertiary/aromatic N) is 3. The number of benzene rings is 2. The summed E-state index contributed by atoms with van der Waals surface area (Å²) in [5, 5.41) is 6.05. The van der Waals surface area contributed by atoms with Gasteiger partial charge in [0.2, 0.25) is 5.91 Å². The average molecular weight is 427 g/mol. The molecule has 146 valence electrons. The van der Waals surface area contributed by atoms with Crippen molar-refractivity contribution in [1.82, 2.24) is 19.9 Å². The van der Waals surface area contributed by atoms with E-state index in [1.54, 1.807) is 29.1 Å². The Morgan fingerprint density at radius 3 is 2.86 bits per heavy atom. The van der Waals surface area contributed by atoms with E-state index in [0.29, 0.717) is 22.0 Å². The van der Waals surface area contributed by atoms with E-state index in [-0.39, 0.29) is 24.7 Å². The molecule has 0 fully saturated rings. The van der Waals surface area contributed by atoms with Crippen LogP contribution in [0.4, 0.5) is 4.39 Å². The van der Waals surface area contributed by atoms with Gasteiger partial charge in [0.1, 0.15) is 10.8 Å². The van der Waals surface area contributed by atoms with E-state index in [4.69, 9.17) is 11.6 Å². The number of hydrogen-bond acceptors (Lipinski definition) is 4. The van der Waals surface area contributed by atoms with Crippen LogP contribution in [0.5, 0.6) is 0 Å². The van der Waals surface area contributed by atoms with Gasteiger partial charge >= 0.3 is 0 Å². The van der Waals surface area contributed by atoms with Gasteiger partial charge in [-0.1, -0.05) is 35.9 Å². The summed E-state index contributed by atoms with van der Waals surface area (Å²) in [6.07, 6.45) is 4.94. The monoisotopic (exact) mass is 426 g/mol. The zero-order valence-electron chi connectivity index (χ0n) is 15.2. The number of hydrogen-bond donors (Lipinski definition) is 1. The molecule has 0 unspecified atom stereocenters. The molecule has 0 aliphatic carbocycles. The molecule has 0 aliphatic rings. The highest BCUT2D eigenvalue weighted by Gasteiger charge is 2.11. The van der Waals surface area contributed by atoms with E-state index in [1.165, 1.54) is 23.7 Å². The van der Waals surface area contributed by atoms with Crippen LogP contribution in [0.3, 0.4) is 0 Å². The molecular formula is C21H16ClFN4OS. The Labute approximate surface area is 175 Å². The topological polar surface area (TPSA) is 59.8 Å². The lowest BCUT2D eigenvalue weighted by atomic mass is 10.2. The molecule has 4 aromatic rings. The lowest BCUT2D eigenvalue weighted by Gasteiger charge is -2.08. The molecule has 29 heavy (non-hydrogen) atoms. The van der Waals surface area contributed by atoms with E-state index in [2.05, 4.69) is 15.3 Å². The van der Waals surface area contributed by atoms with Crippen molar-refractivity contribution in [1.29, 1.82) is 0 Å². The minimum Gasteiger partial charge on any atom is -0.352 e. The molecule has 0 bridgehead atoms. The molecule has 0 atom stereocenters. The van der Waals surface area contributed by atoms with Crippen molar-refractivity contribution in [3.63, 3.8) is 0 Å². The van der Waals surface area contributed by atoms with Crippen molar-refractivity contribution in [3.05, 3.63) is 88.7 Å². The van der Waals surface area contributed by atoms with Crippen LogP contribution >= 0.6 is 22.9 Å². The normalized spacial score (nSPS) is 10.8. The molecule has 0 saturated carbocycles. The Balaban J connectivity index is 1.36. The SMILES string of the molecule is O=C(Cc1csc(-c2ccccc2Cl)n1)NCc1ccc(-n2ccnc2)c(F)c1. The summed E-state index contributed by atoms with van der Waals surface area (Å²) in [6.45, 7) is 0.238. The highest BCUT2D eigenvalue weighted by Crippen LogP contribution is 2.30. The first kappa shape index (κ1) is 19.3. The summed E-state index contributed by atoms with van der Waals surface area (Å²) in [4.78, 5) is 20.7. The van der Waals surface area contributed by atoms with Crippen LogP contribution in [0.1, 0.15) is 11.3 Å². The Kier molecular flexibility index (Phi) is 5.69. The molecule has 2 aromatic carbocycles. The number of thiazole rings is 1. The summed E-state index contributed by atoms with van der Waals surface area (Å²) in [5.41, 5.74) is 2.60. The van der Waals surface area contributed by atoms with Crippen molar-refractivity contribution in [3.8, 4) is 16.3 Å². The summed E-state index contributed by atoms with van der Waals surface area (Å²) < 4.78 is 15.9. The fraction of sp³-hybridized carbons (Fsp3) is 0.0952. The number of aromatic nitrogens is 3. The minimum atomic E-state index is -0.376. The lowest BCUT2D eigenvalue weighted by Crippen LogP contribution is -2.24. The first-order valence-corrected chi connectivity index (χ1v) is 10.1. The van der Waals surface area contributed by atoms with E-state index >= 15 is 0 Å². The molecule has 4 rings (SSSR count). The third kappa shape index (κ3) is 4.52. The zero-order chi connectivity index (χ0) is 20.2. The lowest BCUT2D eigenvalue weighted by molar-refractivity contribution is -0.120. The molecule has 0 saturated heterocycles. The second-order valence-corrected chi connectivity index (χ2v) is 7.60. The molecule has 8 heteroatoms. The number of rotatable bonds is 6. The molecule has 0 radical (unpaired) electrons. The van der Waals surface area contributed by atoms with Crippen LogP contribution in [0.15, 0.2) is 66.6 Å². The second kappa shape index (κ2) is 8.55. The molecule has 1 N–H and O–H groups in total. The zero-order valence-corrected chi connectivity index (χ0v) is 16.8. The maximum atomic E-state index is 14.3. The van der Waals surface area contributed by atoms with E-state index in [9.17, 15) is 9.18 Å². The van der Waals surface area contributed by atoms with Gasteiger partial charge in [-0.2, -0.15) is 0 Å². The van der Waals surface area contributed by atoms with Crippen molar-refractivity contribution < 1.29 is 9.18 Å². The Hall–Kier alpha value is -3.03. The van der Waals surface area contributed by atoms with Gasteiger partial charge in [-0.05, 0) is 23.8 Å². The maximum Gasteiger partial charge on any atom is 0.226 e. The van der Waals surface area contributed by atoms with Crippen LogP contribution in [0.2, 0.25) is 5.02 Å². The van der Waals surface area contributed by atoms with Crippen molar-refractivity contribution in [2.24, 2.45) is 0 Å². The molecule has 1 amide bonds. The van der Waals surface area contributed by atoms with Gasteiger partial charge in [0, 0.05) is 29.9 Å². The Morgan fingerprint density at radius 1 is 1.24 bits per heavy atom. The van der Waals surface area contributed by atoms with Gasteiger partial charge in [-0.25, -0.2) is 14.4 Å². The van der Waals surface area contributed by atoms with Crippen LogP contribution in [-0.4, -0.2) is 20.4 Å². The molecular weight excluding hydrogens is 411 g/mol. The van der Waals surface area contributed by atoms with Gasteiger partial charge < -0.3 is 9.88 Å². The van der Waals surface area contributed by atoms with E-state index < -0.39 is 0 Å². The van der Waals surface area contributed by atoms with Gasteiger partial charge in [-0.15, -0.1) is 11.3 Å². The highest BCUT2D eigenvalue weighted by atomic mass is 35.5. The predicted molar refractivity (Wildman–Crippen MR) is 112 cm³/mol. The second-order valence-electron chi connectivity index (χ2n) is 6.33. The van der Waals surface area contributed by atoms with Crippen LogP contribution < -0.4 is 5.32 Å². The third-order valence-corrected chi connectivity index (χ3v) is 5.54. The molecule has 2 heterocycles. The first-order chi connectivity index (χ1) is 14.1. The number of carbonyl (C=O) groups excluding carboxylic acids is 1.